The quantitative estimate of drug-likeness (QED) is 0.453. The second kappa shape index (κ2) is 11.4. The maximum atomic E-state index is 12.7. The zero-order valence-electron chi connectivity index (χ0n) is 18.3. The van der Waals surface area contributed by atoms with Gasteiger partial charge in [0.1, 0.15) is 11.5 Å². The van der Waals surface area contributed by atoms with Crippen LogP contribution in [0.4, 0.5) is 8.78 Å². The topological polar surface area (TPSA) is 72.7 Å². The van der Waals surface area contributed by atoms with Crippen LogP contribution in [-0.2, 0) is 33.0 Å². The fourth-order valence-corrected chi connectivity index (χ4v) is 3.29. The van der Waals surface area contributed by atoms with E-state index in [4.69, 9.17) is 4.74 Å². The van der Waals surface area contributed by atoms with Gasteiger partial charge < -0.3 is 20.1 Å². The van der Waals surface area contributed by atoms with E-state index < -0.39 is 6.61 Å². The van der Waals surface area contributed by atoms with E-state index in [-0.39, 0.29) is 12.3 Å². The summed E-state index contributed by atoms with van der Waals surface area (Å²) >= 11 is 0. The summed E-state index contributed by atoms with van der Waals surface area (Å²) in [6.07, 6.45) is 1.73. The van der Waals surface area contributed by atoms with Crippen LogP contribution >= 0.6 is 0 Å². The standard InChI is InChI=1S/C21H31F2N5O2/c1-6-17-16(18(7-2)28(4)27-17)13-26-21(24-8-3)25-12-14-11-15(29-5)9-10-19(14)30-20(22)23/h9-11,20H,6-8,12-13H2,1-5H3,(H2,24,25,26). The number of nitrogens with zero attached hydrogens (tertiary/aromatic N) is 3. The van der Waals surface area contributed by atoms with Crippen molar-refractivity contribution >= 4 is 5.96 Å². The lowest BCUT2D eigenvalue weighted by molar-refractivity contribution is -0.0504. The lowest BCUT2D eigenvalue weighted by Gasteiger charge is -2.14. The van der Waals surface area contributed by atoms with Crippen molar-refractivity contribution < 1.29 is 18.3 Å². The van der Waals surface area contributed by atoms with Gasteiger partial charge in [-0.25, -0.2) is 4.99 Å². The summed E-state index contributed by atoms with van der Waals surface area (Å²) in [6.45, 7) is 4.64. The van der Waals surface area contributed by atoms with Crippen LogP contribution in [0, 0.1) is 0 Å². The molecule has 7 nitrogen and oxygen atoms in total. The van der Waals surface area contributed by atoms with E-state index in [9.17, 15) is 8.78 Å². The third kappa shape index (κ3) is 6.08. The number of benzene rings is 1. The third-order valence-electron chi connectivity index (χ3n) is 4.70. The van der Waals surface area contributed by atoms with Gasteiger partial charge in [-0.2, -0.15) is 13.9 Å². The predicted octanol–water partition coefficient (Wildman–Crippen LogP) is 3.41. The number of halogens is 2. The number of hydrogen-bond acceptors (Lipinski definition) is 4. The molecule has 0 unspecified atom stereocenters. The Morgan fingerprint density at radius 3 is 2.57 bits per heavy atom. The van der Waals surface area contributed by atoms with Crippen molar-refractivity contribution in [2.24, 2.45) is 12.0 Å². The number of aromatic nitrogens is 2. The Kier molecular flexibility index (Phi) is 8.89. The smallest absolute Gasteiger partial charge is 0.387 e. The number of aliphatic imine (C=N–C) groups is 1. The minimum atomic E-state index is -2.90. The minimum Gasteiger partial charge on any atom is -0.497 e. The Morgan fingerprint density at radius 1 is 1.20 bits per heavy atom. The second-order valence-electron chi connectivity index (χ2n) is 6.60. The first kappa shape index (κ1) is 23.4. The SMILES string of the molecule is CCNC(=NCc1cc(OC)ccc1OC(F)F)NCc1c(CC)nn(C)c1CC. The molecule has 0 saturated carbocycles. The third-order valence-corrected chi connectivity index (χ3v) is 4.70. The van der Waals surface area contributed by atoms with Gasteiger partial charge in [-0.1, -0.05) is 13.8 Å². The highest BCUT2D eigenvalue weighted by Gasteiger charge is 2.14. The second-order valence-corrected chi connectivity index (χ2v) is 6.60. The molecule has 1 aromatic heterocycles. The van der Waals surface area contributed by atoms with Gasteiger partial charge in [0.2, 0.25) is 0 Å². The van der Waals surface area contributed by atoms with Crippen molar-refractivity contribution in [3.8, 4) is 11.5 Å². The molecule has 9 heteroatoms. The van der Waals surface area contributed by atoms with Gasteiger partial charge in [0.15, 0.2) is 5.96 Å². The van der Waals surface area contributed by atoms with Gasteiger partial charge in [-0.3, -0.25) is 4.68 Å². The number of nitrogens with one attached hydrogen (secondary N) is 2. The molecule has 0 saturated heterocycles. The molecule has 2 rings (SSSR count). The molecular weight excluding hydrogens is 392 g/mol. The van der Waals surface area contributed by atoms with Gasteiger partial charge in [0.05, 0.1) is 19.3 Å². The molecule has 0 aliphatic heterocycles. The number of ether oxygens (including phenoxy) is 2. The average molecular weight is 424 g/mol. The van der Waals surface area contributed by atoms with E-state index in [2.05, 4.69) is 39.3 Å². The zero-order chi connectivity index (χ0) is 22.1. The van der Waals surface area contributed by atoms with E-state index in [1.165, 1.54) is 18.9 Å². The van der Waals surface area contributed by atoms with Gasteiger partial charge >= 0.3 is 6.61 Å². The lowest BCUT2D eigenvalue weighted by atomic mass is 10.1. The Morgan fingerprint density at radius 2 is 1.97 bits per heavy atom. The summed E-state index contributed by atoms with van der Waals surface area (Å²) in [5.74, 6) is 1.21. The Labute approximate surface area is 176 Å². The number of alkyl halides is 2. The molecule has 30 heavy (non-hydrogen) atoms. The normalized spacial score (nSPS) is 11.7. The molecular formula is C21H31F2N5O2. The molecule has 0 atom stereocenters. The molecule has 1 heterocycles. The molecule has 2 N–H and O–H groups in total. The predicted molar refractivity (Wildman–Crippen MR) is 113 cm³/mol. The maximum absolute atomic E-state index is 12.7. The van der Waals surface area contributed by atoms with Crippen molar-refractivity contribution in [1.29, 1.82) is 0 Å². The molecule has 0 spiro atoms. The van der Waals surface area contributed by atoms with Crippen LogP contribution in [0.25, 0.3) is 0 Å². The van der Waals surface area contributed by atoms with E-state index in [0.717, 1.165) is 24.1 Å². The van der Waals surface area contributed by atoms with Crippen molar-refractivity contribution in [3.05, 3.63) is 40.7 Å². The van der Waals surface area contributed by atoms with E-state index in [0.29, 0.717) is 30.4 Å². The molecule has 0 amide bonds. The molecule has 0 aliphatic rings. The van der Waals surface area contributed by atoms with Gasteiger partial charge in [-0.15, -0.1) is 0 Å². The molecule has 2 aromatic rings. The first-order valence-corrected chi connectivity index (χ1v) is 10.1. The van der Waals surface area contributed by atoms with Gasteiger partial charge in [0.25, 0.3) is 0 Å². The molecule has 0 aliphatic carbocycles. The Bertz CT molecular complexity index is 852. The van der Waals surface area contributed by atoms with Gasteiger partial charge in [0, 0.05) is 37.0 Å². The monoisotopic (exact) mass is 423 g/mol. The van der Waals surface area contributed by atoms with Crippen molar-refractivity contribution in [1.82, 2.24) is 20.4 Å². The van der Waals surface area contributed by atoms with Crippen LogP contribution in [-0.4, -0.2) is 36.0 Å². The first-order chi connectivity index (χ1) is 14.4. The number of rotatable bonds is 10. The van der Waals surface area contributed by atoms with Gasteiger partial charge in [-0.05, 0) is 38.0 Å². The molecule has 0 fully saturated rings. The fraction of sp³-hybridized carbons (Fsp3) is 0.524. The number of hydrogen-bond donors (Lipinski definition) is 2. The average Bonchev–Trinajstić information content (AvgIpc) is 3.04. The Hall–Kier alpha value is -2.84. The zero-order valence-corrected chi connectivity index (χ0v) is 18.3. The van der Waals surface area contributed by atoms with Crippen molar-refractivity contribution in [2.45, 2.75) is 53.3 Å². The largest absolute Gasteiger partial charge is 0.497 e. The molecule has 166 valence electrons. The number of methoxy groups -OCH3 is 1. The van der Waals surface area contributed by atoms with E-state index >= 15 is 0 Å². The van der Waals surface area contributed by atoms with Crippen LogP contribution in [0.15, 0.2) is 23.2 Å². The lowest BCUT2D eigenvalue weighted by Crippen LogP contribution is -2.37. The summed E-state index contributed by atoms with van der Waals surface area (Å²) in [5.41, 5.74) is 3.90. The molecule has 0 radical (unpaired) electrons. The Balaban J connectivity index is 2.21. The fourth-order valence-electron chi connectivity index (χ4n) is 3.29. The van der Waals surface area contributed by atoms with E-state index in [1.54, 1.807) is 12.1 Å². The number of guanidine groups is 1. The summed E-state index contributed by atoms with van der Waals surface area (Å²) in [6, 6.07) is 4.69. The highest BCUT2D eigenvalue weighted by atomic mass is 19.3. The highest BCUT2D eigenvalue weighted by molar-refractivity contribution is 5.79. The van der Waals surface area contributed by atoms with Crippen LogP contribution < -0.4 is 20.1 Å². The first-order valence-electron chi connectivity index (χ1n) is 10.1. The maximum Gasteiger partial charge on any atom is 0.387 e. The summed E-state index contributed by atoms with van der Waals surface area (Å²) in [4.78, 5) is 4.55. The highest BCUT2D eigenvalue weighted by Crippen LogP contribution is 2.26. The van der Waals surface area contributed by atoms with Crippen LogP contribution in [0.2, 0.25) is 0 Å². The molecule has 0 bridgehead atoms. The summed E-state index contributed by atoms with van der Waals surface area (Å²) in [5, 5.41) is 11.1. The van der Waals surface area contributed by atoms with Crippen LogP contribution in [0.3, 0.4) is 0 Å². The number of aryl methyl sites for hydroxylation is 2. The van der Waals surface area contributed by atoms with E-state index in [1.807, 2.05) is 18.7 Å². The van der Waals surface area contributed by atoms with Crippen LogP contribution in [0.5, 0.6) is 11.5 Å². The molecule has 1 aromatic carbocycles. The minimum absolute atomic E-state index is 0.0826. The summed E-state index contributed by atoms with van der Waals surface area (Å²) < 4.78 is 37.2. The van der Waals surface area contributed by atoms with Crippen LogP contribution in [0.1, 0.15) is 43.3 Å². The summed E-state index contributed by atoms with van der Waals surface area (Å²) in [7, 11) is 3.47. The van der Waals surface area contributed by atoms with Crippen molar-refractivity contribution in [3.63, 3.8) is 0 Å². The van der Waals surface area contributed by atoms with Crippen molar-refractivity contribution in [2.75, 3.05) is 13.7 Å².